The molecule has 0 spiro atoms. The summed E-state index contributed by atoms with van der Waals surface area (Å²) in [5, 5.41) is 0. The van der Waals surface area contributed by atoms with Crippen molar-refractivity contribution in [1.29, 1.82) is 0 Å². The van der Waals surface area contributed by atoms with Crippen LogP contribution in [0.25, 0.3) is 0 Å². The first-order chi connectivity index (χ1) is 15.0. The second-order valence-corrected chi connectivity index (χ2v) is 8.89. The Kier molecular flexibility index (Phi) is 6.37. The number of amides is 1. The molecule has 1 aromatic heterocycles. The molecule has 2 aromatic rings. The molecule has 2 aliphatic heterocycles. The Bertz CT molecular complexity index is 966. The van der Waals surface area contributed by atoms with E-state index in [1.165, 1.54) is 6.42 Å². The maximum Gasteiger partial charge on any atom is 0.255 e. The van der Waals surface area contributed by atoms with Gasteiger partial charge in [-0.05, 0) is 88.5 Å². The number of benzene rings is 1. The van der Waals surface area contributed by atoms with Gasteiger partial charge in [0.2, 0.25) is 0 Å². The fraction of sp³-hybridized carbons (Fsp3) is 0.480. The number of pyridine rings is 1. The first-order valence-electron chi connectivity index (χ1n) is 11.3. The normalized spacial score (nSPS) is 17.4. The highest BCUT2D eigenvalue weighted by Crippen LogP contribution is 2.35. The van der Waals surface area contributed by atoms with E-state index >= 15 is 0 Å². The van der Waals surface area contributed by atoms with E-state index in [2.05, 4.69) is 22.8 Å². The first kappa shape index (κ1) is 21.5. The van der Waals surface area contributed by atoms with Crippen LogP contribution in [0.15, 0.2) is 30.5 Å². The van der Waals surface area contributed by atoms with E-state index in [0.29, 0.717) is 5.56 Å². The number of aryl methyl sites for hydroxylation is 1. The minimum Gasteiger partial charge on any atom is -0.339 e. The van der Waals surface area contributed by atoms with Crippen molar-refractivity contribution in [3.8, 4) is 0 Å². The molecule has 164 valence electrons. The number of aromatic nitrogens is 1. The van der Waals surface area contributed by atoms with E-state index in [0.717, 1.165) is 79.8 Å². The first-order valence-corrected chi connectivity index (χ1v) is 11.3. The molecular formula is C25H32N4O2. The van der Waals surface area contributed by atoms with Crippen LogP contribution in [-0.4, -0.2) is 60.7 Å². The number of likely N-dealkylation sites (tertiary alicyclic amines) is 1. The number of rotatable bonds is 5. The summed E-state index contributed by atoms with van der Waals surface area (Å²) >= 11 is 0. The number of carbonyl (C=O) groups is 2. The Hall–Kier alpha value is -2.73. The highest BCUT2D eigenvalue weighted by molar-refractivity contribution is 5.94. The Balaban J connectivity index is 1.65. The number of piperidine rings is 1. The largest absolute Gasteiger partial charge is 0.339 e. The van der Waals surface area contributed by atoms with E-state index in [9.17, 15) is 9.59 Å². The molecule has 1 atom stereocenters. The zero-order valence-corrected chi connectivity index (χ0v) is 18.8. The number of fused-ring (bicyclic) bond motifs is 1. The third kappa shape index (κ3) is 4.35. The Morgan fingerprint density at radius 1 is 1.10 bits per heavy atom. The molecule has 2 aliphatic rings. The van der Waals surface area contributed by atoms with Gasteiger partial charge in [-0.1, -0.05) is 0 Å². The molecule has 6 heteroatoms. The van der Waals surface area contributed by atoms with Gasteiger partial charge in [0.25, 0.3) is 5.91 Å². The number of hydrogen-bond acceptors (Lipinski definition) is 5. The minimum absolute atomic E-state index is 0.101. The average Bonchev–Trinajstić information content (AvgIpc) is 2.82. The van der Waals surface area contributed by atoms with Crippen molar-refractivity contribution in [2.75, 3.05) is 38.6 Å². The Morgan fingerprint density at radius 2 is 1.87 bits per heavy atom. The van der Waals surface area contributed by atoms with Gasteiger partial charge < -0.3 is 14.7 Å². The number of nitrogens with zero attached hydrogens (tertiary/aromatic N) is 4. The van der Waals surface area contributed by atoms with Gasteiger partial charge in [-0.25, -0.2) is 4.98 Å². The Morgan fingerprint density at radius 3 is 2.58 bits per heavy atom. The quantitative estimate of drug-likeness (QED) is 0.678. The third-order valence-corrected chi connectivity index (χ3v) is 6.65. The van der Waals surface area contributed by atoms with Crippen LogP contribution < -0.4 is 4.90 Å². The molecule has 6 nitrogen and oxygen atoms in total. The summed E-state index contributed by atoms with van der Waals surface area (Å²) in [6, 6.07) is 8.17. The second-order valence-electron chi connectivity index (χ2n) is 8.89. The highest BCUT2D eigenvalue weighted by Gasteiger charge is 2.25. The molecule has 0 aliphatic carbocycles. The standard InChI is InChI=1S/C25H32N4O2/c1-18(27(2)3)23-15-22(10-9-20(23)17-30)29-13-7-8-19-14-21(16-26-24(19)29)25(31)28-11-5-4-6-12-28/h9-10,14-18H,4-8,11-13H2,1-3H3. The van der Waals surface area contributed by atoms with E-state index < -0.39 is 0 Å². The van der Waals surface area contributed by atoms with Crippen molar-refractivity contribution in [3.05, 3.63) is 52.7 Å². The molecule has 1 fully saturated rings. The van der Waals surface area contributed by atoms with Gasteiger partial charge >= 0.3 is 0 Å². The summed E-state index contributed by atoms with van der Waals surface area (Å²) in [6.45, 7) is 4.67. The SMILES string of the molecule is CC(c1cc(N2CCCc3cc(C(=O)N4CCCCC4)cnc32)ccc1C=O)N(C)C. The van der Waals surface area contributed by atoms with Crippen molar-refractivity contribution in [1.82, 2.24) is 14.8 Å². The molecule has 1 amide bonds. The van der Waals surface area contributed by atoms with Crippen molar-refractivity contribution < 1.29 is 9.59 Å². The van der Waals surface area contributed by atoms with Crippen LogP contribution in [0.4, 0.5) is 11.5 Å². The summed E-state index contributed by atoms with van der Waals surface area (Å²) in [6.07, 6.45) is 7.97. The average molecular weight is 421 g/mol. The maximum absolute atomic E-state index is 12.9. The molecular weight excluding hydrogens is 388 g/mol. The smallest absolute Gasteiger partial charge is 0.255 e. The molecule has 4 rings (SSSR count). The van der Waals surface area contributed by atoms with Gasteiger partial charge in [-0.2, -0.15) is 0 Å². The summed E-state index contributed by atoms with van der Waals surface area (Å²) in [7, 11) is 4.04. The van der Waals surface area contributed by atoms with Crippen LogP contribution in [0.2, 0.25) is 0 Å². The van der Waals surface area contributed by atoms with Crippen LogP contribution in [0.5, 0.6) is 0 Å². The minimum atomic E-state index is 0.101. The van der Waals surface area contributed by atoms with Crippen LogP contribution >= 0.6 is 0 Å². The summed E-state index contributed by atoms with van der Waals surface area (Å²) in [5.74, 6) is 1.02. The second kappa shape index (κ2) is 9.18. The monoisotopic (exact) mass is 420 g/mol. The maximum atomic E-state index is 12.9. The van der Waals surface area contributed by atoms with Crippen LogP contribution in [0.3, 0.4) is 0 Å². The van der Waals surface area contributed by atoms with Gasteiger partial charge in [0.1, 0.15) is 12.1 Å². The fourth-order valence-corrected chi connectivity index (χ4v) is 4.59. The lowest BCUT2D eigenvalue weighted by atomic mass is 9.98. The molecule has 0 bridgehead atoms. The Labute approximate surface area is 184 Å². The third-order valence-electron chi connectivity index (χ3n) is 6.65. The molecule has 3 heterocycles. The van der Waals surface area contributed by atoms with E-state index in [1.807, 2.05) is 37.2 Å². The predicted octanol–water partition coefficient (Wildman–Crippen LogP) is 4.23. The molecule has 1 saturated heterocycles. The van der Waals surface area contributed by atoms with Crippen molar-refractivity contribution in [2.24, 2.45) is 0 Å². The van der Waals surface area contributed by atoms with E-state index in [4.69, 9.17) is 4.98 Å². The molecule has 0 saturated carbocycles. The zero-order chi connectivity index (χ0) is 22.0. The van der Waals surface area contributed by atoms with Crippen LogP contribution in [-0.2, 0) is 6.42 Å². The van der Waals surface area contributed by atoms with Gasteiger partial charge in [0.05, 0.1) is 5.56 Å². The van der Waals surface area contributed by atoms with Crippen LogP contribution in [0.1, 0.15) is 70.5 Å². The summed E-state index contributed by atoms with van der Waals surface area (Å²) in [5.41, 5.74) is 4.59. The van der Waals surface area contributed by atoms with Gasteiger partial charge in [0.15, 0.2) is 0 Å². The zero-order valence-electron chi connectivity index (χ0n) is 18.8. The number of hydrogen-bond donors (Lipinski definition) is 0. The number of aldehydes is 1. The fourth-order valence-electron chi connectivity index (χ4n) is 4.59. The molecule has 1 unspecified atom stereocenters. The topological polar surface area (TPSA) is 56.8 Å². The lowest BCUT2D eigenvalue weighted by molar-refractivity contribution is 0.0723. The number of anilines is 2. The van der Waals surface area contributed by atoms with E-state index in [-0.39, 0.29) is 11.9 Å². The van der Waals surface area contributed by atoms with Gasteiger partial charge in [-0.15, -0.1) is 0 Å². The predicted molar refractivity (Wildman–Crippen MR) is 123 cm³/mol. The van der Waals surface area contributed by atoms with Crippen LogP contribution in [0, 0.1) is 0 Å². The number of carbonyl (C=O) groups excluding carboxylic acids is 2. The van der Waals surface area contributed by atoms with Gasteiger partial charge in [-0.3, -0.25) is 9.59 Å². The summed E-state index contributed by atoms with van der Waals surface area (Å²) < 4.78 is 0. The van der Waals surface area contributed by atoms with Gasteiger partial charge in [0, 0.05) is 43.1 Å². The van der Waals surface area contributed by atoms with Crippen molar-refractivity contribution >= 4 is 23.7 Å². The highest BCUT2D eigenvalue weighted by atomic mass is 16.2. The van der Waals surface area contributed by atoms with E-state index in [1.54, 1.807) is 6.20 Å². The molecule has 0 N–H and O–H groups in total. The summed E-state index contributed by atoms with van der Waals surface area (Å²) in [4.78, 5) is 35.5. The van der Waals surface area contributed by atoms with Crippen molar-refractivity contribution in [2.45, 2.75) is 45.1 Å². The lowest BCUT2D eigenvalue weighted by Gasteiger charge is -2.32. The molecule has 31 heavy (non-hydrogen) atoms. The lowest BCUT2D eigenvalue weighted by Crippen LogP contribution is -2.36. The van der Waals surface area contributed by atoms with Crippen molar-refractivity contribution in [3.63, 3.8) is 0 Å². The molecule has 0 radical (unpaired) electrons. The molecule has 1 aromatic carbocycles.